The number of hydrogen-bond donors (Lipinski definition) is 1. The second-order valence-electron chi connectivity index (χ2n) is 5.12. The summed E-state index contributed by atoms with van der Waals surface area (Å²) >= 11 is 5.97. The van der Waals surface area contributed by atoms with Crippen molar-refractivity contribution in [3.05, 3.63) is 53.7 Å². The number of nitrogens with two attached hydrogens (primary N) is 1. The number of hydrogen-bond acceptors (Lipinski definition) is 1. The summed E-state index contributed by atoms with van der Waals surface area (Å²) in [7, 11) is 2.04. The van der Waals surface area contributed by atoms with E-state index in [0.717, 1.165) is 32.7 Å². The van der Waals surface area contributed by atoms with Gasteiger partial charge in [0.2, 0.25) is 0 Å². The van der Waals surface area contributed by atoms with E-state index in [9.17, 15) is 0 Å². The van der Waals surface area contributed by atoms with Gasteiger partial charge in [-0.2, -0.15) is 0 Å². The number of amidine groups is 1. The van der Waals surface area contributed by atoms with Crippen molar-refractivity contribution < 1.29 is 0 Å². The highest BCUT2D eigenvalue weighted by atomic mass is 35.5. The average molecular weight is 298 g/mol. The van der Waals surface area contributed by atoms with Gasteiger partial charge in [-0.05, 0) is 42.8 Å². The molecule has 2 N–H and O–H groups in total. The van der Waals surface area contributed by atoms with Crippen LogP contribution in [0.15, 0.2) is 53.7 Å². The Morgan fingerprint density at radius 1 is 1.14 bits per heavy atom. The molecule has 21 heavy (non-hydrogen) atoms. The number of halogens is 1. The Labute approximate surface area is 128 Å². The summed E-state index contributed by atoms with van der Waals surface area (Å²) in [5, 5.41) is 1.89. The van der Waals surface area contributed by atoms with Crippen LogP contribution >= 0.6 is 11.6 Å². The Morgan fingerprint density at radius 3 is 2.52 bits per heavy atom. The quantitative estimate of drug-likeness (QED) is 0.549. The lowest BCUT2D eigenvalue weighted by Gasteiger charge is -2.01. The number of aromatic nitrogens is 1. The van der Waals surface area contributed by atoms with Crippen LogP contribution in [0.25, 0.3) is 22.0 Å². The van der Waals surface area contributed by atoms with E-state index >= 15 is 0 Å². The van der Waals surface area contributed by atoms with Crippen LogP contribution in [0.1, 0.15) is 6.92 Å². The van der Waals surface area contributed by atoms with Crippen molar-refractivity contribution >= 4 is 34.0 Å². The number of benzene rings is 2. The van der Waals surface area contributed by atoms with Gasteiger partial charge in [-0.1, -0.05) is 23.7 Å². The lowest BCUT2D eigenvalue weighted by atomic mass is 10.0. The molecule has 3 aromatic rings. The van der Waals surface area contributed by atoms with Crippen LogP contribution in [-0.2, 0) is 7.05 Å². The first kappa shape index (κ1) is 13.7. The van der Waals surface area contributed by atoms with Gasteiger partial charge >= 0.3 is 0 Å². The predicted molar refractivity (Wildman–Crippen MR) is 90.3 cm³/mol. The van der Waals surface area contributed by atoms with Crippen molar-refractivity contribution in [3.63, 3.8) is 0 Å². The van der Waals surface area contributed by atoms with E-state index in [1.165, 1.54) is 0 Å². The molecule has 0 aliphatic carbocycles. The second kappa shape index (κ2) is 5.26. The molecule has 1 heterocycles. The third kappa shape index (κ3) is 2.65. The highest BCUT2D eigenvalue weighted by Crippen LogP contribution is 2.33. The summed E-state index contributed by atoms with van der Waals surface area (Å²) < 4.78 is 2.11. The highest BCUT2D eigenvalue weighted by Gasteiger charge is 2.09. The number of rotatable bonds is 2. The topological polar surface area (TPSA) is 43.3 Å². The van der Waals surface area contributed by atoms with Crippen LogP contribution < -0.4 is 5.73 Å². The van der Waals surface area contributed by atoms with E-state index in [4.69, 9.17) is 17.3 Å². The highest BCUT2D eigenvalue weighted by molar-refractivity contribution is 6.30. The van der Waals surface area contributed by atoms with Gasteiger partial charge < -0.3 is 10.3 Å². The Kier molecular flexibility index (Phi) is 3.43. The average Bonchev–Trinajstić information content (AvgIpc) is 2.76. The minimum Gasteiger partial charge on any atom is -0.387 e. The van der Waals surface area contributed by atoms with E-state index in [1.807, 2.05) is 37.4 Å². The molecule has 0 saturated heterocycles. The van der Waals surface area contributed by atoms with Crippen LogP contribution in [0.2, 0.25) is 5.02 Å². The lowest BCUT2D eigenvalue weighted by molar-refractivity contribution is 0.970. The van der Waals surface area contributed by atoms with E-state index in [1.54, 1.807) is 6.92 Å². The van der Waals surface area contributed by atoms with Gasteiger partial charge in [-0.3, -0.25) is 0 Å². The SMILES string of the molecule is CC(N)=Nc1ccc2c(c1)c(-c1ccc(Cl)cc1)cn2C. The van der Waals surface area contributed by atoms with Gasteiger partial charge in [0.25, 0.3) is 0 Å². The van der Waals surface area contributed by atoms with Crippen molar-refractivity contribution in [2.45, 2.75) is 6.92 Å². The summed E-state index contributed by atoms with van der Waals surface area (Å²) in [6.07, 6.45) is 2.12. The number of aliphatic imine (C=N–C) groups is 1. The second-order valence-corrected chi connectivity index (χ2v) is 5.55. The lowest BCUT2D eigenvalue weighted by Crippen LogP contribution is -2.03. The largest absolute Gasteiger partial charge is 0.387 e. The number of aryl methyl sites for hydroxylation is 1. The normalized spacial score (nSPS) is 12.0. The first-order valence-corrected chi connectivity index (χ1v) is 7.08. The Hall–Kier alpha value is -2.26. The molecule has 3 nitrogen and oxygen atoms in total. The predicted octanol–water partition coefficient (Wildman–Crippen LogP) is 4.51. The number of nitrogens with zero attached hydrogens (tertiary/aromatic N) is 2. The van der Waals surface area contributed by atoms with E-state index in [-0.39, 0.29) is 0 Å². The molecule has 4 heteroatoms. The molecule has 0 atom stereocenters. The van der Waals surface area contributed by atoms with E-state index < -0.39 is 0 Å². The third-order valence-electron chi connectivity index (χ3n) is 3.43. The molecule has 0 spiro atoms. The molecule has 3 rings (SSSR count). The zero-order valence-corrected chi connectivity index (χ0v) is 12.7. The third-order valence-corrected chi connectivity index (χ3v) is 3.69. The maximum absolute atomic E-state index is 5.97. The van der Waals surface area contributed by atoms with Crippen molar-refractivity contribution in [2.75, 3.05) is 0 Å². The van der Waals surface area contributed by atoms with E-state index in [2.05, 4.69) is 27.9 Å². The first-order chi connectivity index (χ1) is 10.0. The van der Waals surface area contributed by atoms with Gasteiger partial charge in [0.05, 0.1) is 11.5 Å². The van der Waals surface area contributed by atoms with Gasteiger partial charge in [0.1, 0.15) is 0 Å². The zero-order chi connectivity index (χ0) is 15.0. The summed E-state index contributed by atoms with van der Waals surface area (Å²) in [6.45, 7) is 1.79. The minimum absolute atomic E-state index is 0.554. The minimum atomic E-state index is 0.554. The Morgan fingerprint density at radius 2 is 1.86 bits per heavy atom. The molecule has 0 unspecified atom stereocenters. The van der Waals surface area contributed by atoms with Gasteiger partial charge in [0.15, 0.2) is 0 Å². The van der Waals surface area contributed by atoms with Crippen LogP contribution in [0.5, 0.6) is 0 Å². The molecule has 2 aromatic carbocycles. The monoisotopic (exact) mass is 297 g/mol. The van der Waals surface area contributed by atoms with Crippen LogP contribution in [0.3, 0.4) is 0 Å². The molecular formula is C17H16ClN3. The molecular weight excluding hydrogens is 282 g/mol. The van der Waals surface area contributed by atoms with Crippen molar-refractivity contribution in [2.24, 2.45) is 17.8 Å². The Bertz CT molecular complexity index is 825. The molecule has 0 aliphatic heterocycles. The standard InChI is InChI=1S/C17H16ClN3/c1-11(19)20-14-7-8-17-15(9-14)16(10-21(17)2)12-3-5-13(18)6-4-12/h3-10H,1-2H3,(H2,19,20). The summed E-state index contributed by atoms with van der Waals surface area (Å²) in [4.78, 5) is 4.33. The molecule has 0 amide bonds. The fraction of sp³-hybridized carbons (Fsp3) is 0.118. The molecule has 106 valence electrons. The van der Waals surface area contributed by atoms with Gasteiger partial charge in [-0.25, -0.2) is 4.99 Å². The summed E-state index contributed by atoms with van der Waals surface area (Å²) in [6, 6.07) is 14.0. The maximum Gasteiger partial charge on any atom is 0.0964 e. The number of fused-ring (bicyclic) bond motifs is 1. The van der Waals surface area contributed by atoms with Gasteiger partial charge in [0, 0.05) is 34.7 Å². The van der Waals surface area contributed by atoms with Crippen LogP contribution in [-0.4, -0.2) is 10.4 Å². The summed E-state index contributed by atoms with van der Waals surface area (Å²) in [5.41, 5.74) is 9.99. The van der Waals surface area contributed by atoms with Crippen molar-refractivity contribution in [1.29, 1.82) is 0 Å². The fourth-order valence-electron chi connectivity index (χ4n) is 2.51. The fourth-order valence-corrected chi connectivity index (χ4v) is 2.64. The molecule has 0 aliphatic rings. The molecule has 0 radical (unpaired) electrons. The maximum atomic E-state index is 5.97. The Balaban J connectivity index is 2.22. The molecule has 1 aromatic heterocycles. The van der Waals surface area contributed by atoms with Crippen molar-refractivity contribution in [3.8, 4) is 11.1 Å². The smallest absolute Gasteiger partial charge is 0.0964 e. The zero-order valence-electron chi connectivity index (χ0n) is 12.0. The van der Waals surface area contributed by atoms with E-state index in [0.29, 0.717) is 5.84 Å². The molecule has 0 saturated carbocycles. The van der Waals surface area contributed by atoms with Crippen LogP contribution in [0, 0.1) is 0 Å². The van der Waals surface area contributed by atoms with Crippen molar-refractivity contribution in [1.82, 2.24) is 4.57 Å². The molecule has 0 bridgehead atoms. The van der Waals surface area contributed by atoms with Crippen LogP contribution in [0.4, 0.5) is 5.69 Å². The first-order valence-electron chi connectivity index (χ1n) is 6.70. The van der Waals surface area contributed by atoms with Gasteiger partial charge in [-0.15, -0.1) is 0 Å². The summed E-state index contributed by atoms with van der Waals surface area (Å²) in [5.74, 6) is 0.554. The molecule has 0 fully saturated rings.